The van der Waals surface area contributed by atoms with E-state index in [0.717, 1.165) is 5.69 Å². The van der Waals surface area contributed by atoms with Crippen molar-refractivity contribution in [3.63, 3.8) is 0 Å². The first-order valence-electron chi connectivity index (χ1n) is 22.8. The van der Waals surface area contributed by atoms with Crippen LogP contribution in [0.1, 0.15) is 68.6 Å². The van der Waals surface area contributed by atoms with E-state index in [4.69, 9.17) is 0 Å². The highest BCUT2D eigenvalue weighted by atomic mass is 32.3. The van der Waals surface area contributed by atoms with E-state index in [2.05, 4.69) is 237 Å². The fraction of sp³-hybridized carbons (Fsp3) is 0.148. The largest absolute Gasteiger partial charge is 0.310 e. The second-order valence-corrected chi connectivity index (χ2v) is 21.0. The van der Waals surface area contributed by atoms with Crippen molar-refractivity contribution >= 4 is 37.9 Å². The molecule has 2 aliphatic carbocycles. The van der Waals surface area contributed by atoms with Gasteiger partial charge < -0.3 is 4.90 Å². The maximum atomic E-state index is 2.49. The quantitative estimate of drug-likeness (QED) is 0.140. The lowest BCUT2D eigenvalue weighted by atomic mass is 9.81. The van der Waals surface area contributed by atoms with Crippen molar-refractivity contribution in [2.24, 2.45) is 0 Å². The molecule has 0 bridgehead atoms. The van der Waals surface area contributed by atoms with Crippen molar-refractivity contribution < 1.29 is 0 Å². The molecule has 11 rings (SSSR count). The third-order valence-electron chi connectivity index (χ3n) is 14.0. The fourth-order valence-corrected chi connectivity index (χ4v) is 14.7. The van der Waals surface area contributed by atoms with E-state index in [9.17, 15) is 0 Å². The Morgan fingerprint density at radius 2 is 0.921 bits per heavy atom. The summed E-state index contributed by atoms with van der Waals surface area (Å²) in [6.07, 6.45) is 6.61. The molecule has 0 heterocycles. The molecule has 2 heteroatoms. The Balaban J connectivity index is 1.07. The van der Waals surface area contributed by atoms with Crippen LogP contribution >= 0.6 is 10.0 Å². The number of hydrogen-bond donors (Lipinski definition) is 0. The molecule has 0 amide bonds. The Labute approximate surface area is 375 Å². The first-order chi connectivity index (χ1) is 31.0. The molecule has 0 atom stereocenters. The molecular weight excluding hydrogens is 779 g/mol. The van der Waals surface area contributed by atoms with Crippen molar-refractivity contribution in [2.75, 3.05) is 4.90 Å². The zero-order valence-electron chi connectivity index (χ0n) is 36.3. The Bertz CT molecular complexity index is 2940. The predicted molar refractivity (Wildman–Crippen MR) is 267 cm³/mol. The van der Waals surface area contributed by atoms with Gasteiger partial charge in [0.15, 0.2) is 0 Å². The van der Waals surface area contributed by atoms with Gasteiger partial charge in [0.25, 0.3) is 0 Å². The predicted octanol–water partition coefficient (Wildman–Crippen LogP) is 17.7. The summed E-state index contributed by atoms with van der Waals surface area (Å²) in [5.41, 5.74) is 12.8. The lowest BCUT2D eigenvalue weighted by molar-refractivity contribution is 0.443. The van der Waals surface area contributed by atoms with Gasteiger partial charge in [-0.05, 0) is 153 Å². The SMILES string of the molecule is CC1(C)c2cc(N(c3ccc(C4CCCCC4)cc3)c3ccc(S(c4ccccc4)(c4ccccc4)c4ccccc4)cc3)ccc2-c2c(-c3cccc4ccccc34)cccc21. The zero-order valence-corrected chi connectivity index (χ0v) is 37.1. The van der Waals surface area contributed by atoms with Gasteiger partial charge in [-0.15, -0.1) is 10.0 Å². The van der Waals surface area contributed by atoms with Crippen LogP contribution in [0.3, 0.4) is 0 Å². The maximum absolute atomic E-state index is 2.49. The number of rotatable bonds is 9. The molecule has 0 spiro atoms. The summed E-state index contributed by atoms with van der Waals surface area (Å²) in [5, 5.41) is 2.56. The summed E-state index contributed by atoms with van der Waals surface area (Å²) in [6.45, 7) is 4.82. The molecule has 63 heavy (non-hydrogen) atoms. The summed E-state index contributed by atoms with van der Waals surface area (Å²) in [5.74, 6) is 0.654. The van der Waals surface area contributed by atoms with Crippen LogP contribution in [0.15, 0.2) is 238 Å². The molecule has 9 aromatic rings. The molecule has 308 valence electrons. The van der Waals surface area contributed by atoms with Gasteiger partial charge in [-0.1, -0.05) is 167 Å². The second kappa shape index (κ2) is 16.3. The van der Waals surface area contributed by atoms with E-state index in [0.29, 0.717) is 5.92 Å². The Morgan fingerprint density at radius 3 is 1.56 bits per heavy atom. The first kappa shape index (κ1) is 39.3. The van der Waals surface area contributed by atoms with Crippen molar-refractivity contribution in [3.8, 4) is 22.3 Å². The Kier molecular flexibility index (Phi) is 10.1. The van der Waals surface area contributed by atoms with E-state index >= 15 is 0 Å². The van der Waals surface area contributed by atoms with Crippen LogP contribution < -0.4 is 4.90 Å². The van der Waals surface area contributed by atoms with Crippen LogP contribution in [0.5, 0.6) is 0 Å². The van der Waals surface area contributed by atoms with Crippen LogP contribution in [0.25, 0.3) is 33.0 Å². The van der Waals surface area contributed by atoms with Gasteiger partial charge in [0.2, 0.25) is 0 Å². The van der Waals surface area contributed by atoms with Crippen molar-refractivity contribution in [1.29, 1.82) is 0 Å². The average molecular weight is 832 g/mol. The van der Waals surface area contributed by atoms with Crippen LogP contribution in [0, 0.1) is 0 Å². The molecule has 1 saturated carbocycles. The number of benzene rings is 9. The van der Waals surface area contributed by atoms with Gasteiger partial charge >= 0.3 is 0 Å². The van der Waals surface area contributed by atoms with E-state index in [1.807, 2.05) is 0 Å². The molecule has 0 aromatic heterocycles. The third kappa shape index (κ3) is 6.71. The van der Waals surface area contributed by atoms with Crippen LogP contribution in [-0.4, -0.2) is 0 Å². The van der Waals surface area contributed by atoms with Gasteiger partial charge in [0, 0.05) is 42.1 Å². The van der Waals surface area contributed by atoms with Gasteiger partial charge in [0.05, 0.1) is 0 Å². The highest BCUT2D eigenvalue weighted by Gasteiger charge is 2.38. The molecular formula is C61H53NS. The maximum Gasteiger partial charge on any atom is 0.0465 e. The smallest absolute Gasteiger partial charge is 0.0465 e. The van der Waals surface area contributed by atoms with E-state index in [1.54, 1.807) is 0 Å². The molecule has 0 saturated heterocycles. The van der Waals surface area contributed by atoms with E-state index in [1.165, 1.54) is 113 Å². The summed E-state index contributed by atoms with van der Waals surface area (Å²) in [4.78, 5) is 7.79. The highest BCUT2D eigenvalue weighted by molar-refractivity contribution is 8.34. The highest BCUT2D eigenvalue weighted by Crippen LogP contribution is 2.73. The Hall–Kier alpha value is -6.61. The lowest BCUT2D eigenvalue weighted by Crippen LogP contribution is -2.16. The molecule has 0 radical (unpaired) electrons. The van der Waals surface area contributed by atoms with Gasteiger partial charge in [0.1, 0.15) is 0 Å². The van der Waals surface area contributed by atoms with Crippen molar-refractivity contribution in [2.45, 2.75) is 76.9 Å². The van der Waals surface area contributed by atoms with Gasteiger partial charge in [-0.3, -0.25) is 0 Å². The monoisotopic (exact) mass is 831 g/mol. The standard InChI is InChI=1S/C61H53NS/c1-61(2)58-32-18-31-56(55-30-17-22-46-21-15-16-29-54(46)55)60(58)57-42-39-49(43-59(57)61)62(47-35-33-45(34-36-47)44-19-7-3-8-20-44)48-37-40-53(41-38-48)63(50-23-9-4-10-24-50,51-25-11-5-12-26-51)52-27-13-6-14-28-52/h4-6,9-18,21-44H,3,7-8,19-20H2,1-2H3. The summed E-state index contributed by atoms with van der Waals surface area (Å²) in [6, 6.07) is 82.2. The minimum Gasteiger partial charge on any atom is -0.310 e. The molecule has 1 nitrogen and oxygen atoms in total. The molecule has 0 N–H and O–H groups in total. The number of fused-ring (bicyclic) bond motifs is 4. The number of hydrogen-bond acceptors (Lipinski definition) is 1. The fourth-order valence-electron chi connectivity index (χ4n) is 10.9. The molecule has 0 unspecified atom stereocenters. The van der Waals surface area contributed by atoms with E-state index in [-0.39, 0.29) is 5.41 Å². The summed E-state index contributed by atoms with van der Waals surface area (Å²) < 4.78 is 0. The molecule has 1 fully saturated rings. The van der Waals surface area contributed by atoms with Crippen LogP contribution in [-0.2, 0) is 5.41 Å². The average Bonchev–Trinajstić information content (AvgIpc) is 3.59. The minimum atomic E-state index is -1.81. The zero-order chi connectivity index (χ0) is 42.4. The first-order valence-corrected chi connectivity index (χ1v) is 24.4. The summed E-state index contributed by atoms with van der Waals surface area (Å²) >= 11 is 0. The van der Waals surface area contributed by atoms with E-state index < -0.39 is 10.0 Å². The van der Waals surface area contributed by atoms with Crippen LogP contribution in [0.4, 0.5) is 17.1 Å². The molecule has 2 aliphatic rings. The topological polar surface area (TPSA) is 3.24 Å². The van der Waals surface area contributed by atoms with Crippen molar-refractivity contribution in [1.82, 2.24) is 0 Å². The lowest BCUT2D eigenvalue weighted by Gasteiger charge is -2.42. The van der Waals surface area contributed by atoms with Crippen molar-refractivity contribution in [3.05, 3.63) is 235 Å². The van der Waals surface area contributed by atoms with Gasteiger partial charge in [-0.25, -0.2) is 0 Å². The Morgan fingerprint density at radius 1 is 0.413 bits per heavy atom. The summed E-state index contributed by atoms with van der Waals surface area (Å²) in [7, 11) is -1.81. The minimum absolute atomic E-state index is 0.189. The number of nitrogens with zero attached hydrogens (tertiary/aromatic N) is 1. The second-order valence-electron chi connectivity index (χ2n) is 17.9. The molecule has 0 aliphatic heterocycles. The number of anilines is 3. The normalized spacial score (nSPS) is 14.8. The van der Waals surface area contributed by atoms with Crippen LogP contribution in [0.2, 0.25) is 0 Å². The van der Waals surface area contributed by atoms with Gasteiger partial charge in [-0.2, -0.15) is 0 Å². The molecule has 9 aromatic carbocycles. The third-order valence-corrected chi connectivity index (χ3v) is 17.9.